The summed E-state index contributed by atoms with van der Waals surface area (Å²) in [5.74, 6) is 1.81. The Kier molecular flexibility index (Phi) is 4.28. The highest BCUT2D eigenvalue weighted by Crippen LogP contribution is 2.31. The van der Waals surface area contributed by atoms with E-state index in [2.05, 4.69) is 34.3 Å². The van der Waals surface area contributed by atoms with Gasteiger partial charge in [0.1, 0.15) is 23.1 Å². The van der Waals surface area contributed by atoms with E-state index in [-0.39, 0.29) is 12.0 Å². The number of anilines is 1. The van der Waals surface area contributed by atoms with Crippen LogP contribution in [0.2, 0.25) is 5.15 Å². The normalized spacial score (nSPS) is 12.8. The molecule has 2 aromatic heterocycles. The van der Waals surface area contributed by atoms with Crippen LogP contribution in [-0.2, 0) is 0 Å². The maximum absolute atomic E-state index is 6.17. The number of nitrogens with one attached hydrogen (secondary N) is 1. The summed E-state index contributed by atoms with van der Waals surface area (Å²) in [7, 11) is 0. The molecule has 0 aliphatic carbocycles. The summed E-state index contributed by atoms with van der Waals surface area (Å²) in [6, 6.07) is 0.0321. The van der Waals surface area contributed by atoms with Crippen LogP contribution in [-0.4, -0.2) is 15.1 Å². The molecule has 0 saturated carbocycles. The third-order valence-electron chi connectivity index (χ3n) is 3.29. The van der Waals surface area contributed by atoms with E-state index in [1.165, 1.54) is 6.33 Å². The van der Waals surface area contributed by atoms with Gasteiger partial charge in [-0.05, 0) is 26.7 Å². The van der Waals surface area contributed by atoms with Crippen molar-refractivity contribution in [1.82, 2.24) is 15.1 Å². The van der Waals surface area contributed by atoms with Crippen LogP contribution >= 0.6 is 11.6 Å². The van der Waals surface area contributed by atoms with Crippen LogP contribution in [0.3, 0.4) is 0 Å². The molecule has 0 saturated heterocycles. The molecule has 20 heavy (non-hydrogen) atoms. The fourth-order valence-corrected chi connectivity index (χ4v) is 2.74. The second kappa shape index (κ2) is 5.79. The molecule has 0 aliphatic rings. The van der Waals surface area contributed by atoms with E-state index in [9.17, 15) is 0 Å². The Morgan fingerprint density at radius 2 is 1.85 bits per heavy atom. The standard InChI is InChI=1S/C14H19ClN4O/c1-7(2)11-13(15)16-6-17-14(11)18-8(3)12-9(4)19-20-10(12)5/h6-8H,1-5H3,(H,16,17,18). The molecule has 2 aromatic rings. The zero-order chi connectivity index (χ0) is 14.9. The maximum Gasteiger partial charge on any atom is 0.139 e. The number of rotatable bonds is 4. The average Bonchev–Trinajstić information content (AvgIpc) is 2.68. The molecular weight excluding hydrogens is 276 g/mol. The highest BCUT2D eigenvalue weighted by molar-refractivity contribution is 6.30. The zero-order valence-corrected chi connectivity index (χ0v) is 13.1. The zero-order valence-electron chi connectivity index (χ0n) is 12.4. The molecule has 1 unspecified atom stereocenters. The van der Waals surface area contributed by atoms with Gasteiger partial charge in [-0.15, -0.1) is 0 Å². The third-order valence-corrected chi connectivity index (χ3v) is 3.59. The molecule has 0 aliphatic heterocycles. The molecule has 2 rings (SSSR count). The minimum absolute atomic E-state index is 0.0321. The Morgan fingerprint density at radius 1 is 1.15 bits per heavy atom. The summed E-state index contributed by atoms with van der Waals surface area (Å²) in [6.07, 6.45) is 1.47. The molecule has 108 valence electrons. The van der Waals surface area contributed by atoms with Gasteiger partial charge in [-0.3, -0.25) is 0 Å². The Hall–Kier alpha value is -1.62. The predicted molar refractivity (Wildman–Crippen MR) is 79.1 cm³/mol. The van der Waals surface area contributed by atoms with Gasteiger partial charge in [-0.2, -0.15) is 0 Å². The molecule has 0 bridgehead atoms. The van der Waals surface area contributed by atoms with E-state index in [0.29, 0.717) is 5.15 Å². The monoisotopic (exact) mass is 294 g/mol. The van der Waals surface area contributed by atoms with Gasteiger partial charge in [-0.1, -0.05) is 30.6 Å². The van der Waals surface area contributed by atoms with Crippen molar-refractivity contribution in [2.45, 2.75) is 46.6 Å². The number of hydrogen-bond donors (Lipinski definition) is 1. The van der Waals surface area contributed by atoms with Gasteiger partial charge in [0, 0.05) is 11.1 Å². The molecular formula is C14H19ClN4O. The minimum Gasteiger partial charge on any atom is -0.363 e. The van der Waals surface area contributed by atoms with Gasteiger partial charge in [0.05, 0.1) is 11.7 Å². The largest absolute Gasteiger partial charge is 0.363 e. The minimum atomic E-state index is 0.0321. The van der Waals surface area contributed by atoms with Crippen LogP contribution in [0.1, 0.15) is 55.3 Å². The number of nitrogens with zero attached hydrogens (tertiary/aromatic N) is 3. The molecule has 1 N–H and O–H groups in total. The van der Waals surface area contributed by atoms with Crippen molar-refractivity contribution in [1.29, 1.82) is 0 Å². The fraction of sp³-hybridized carbons (Fsp3) is 0.500. The summed E-state index contributed by atoms with van der Waals surface area (Å²) in [4.78, 5) is 8.36. The second-order valence-corrected chi connectivity index (χ2v) is 5.54. The van der Waals surface area contributed by atoms with Crippen molar-refractivity contribution in [3.63, 3.8) is 0 Å². The van der Waals surface area contributed by atoms with E-state index in [1.54, 1.807) is 0 Å². The topological polar surface area (TPSA) is 63.8 Å². The van der Waals surface area contributed by atoms with E-state index in [1.807, 2.05) is 20.8 Å². The first-order valence-electron chi connectivity index (χ1n) is 6.61. The molecule has 0 fully saturated rings. The first kappa shape index (κ1) is 14.8. The fourth-order valence-electron chi connectivity index (χ4n) is 2.39. The van der Waals surface area contributed by atoms with Crippen LogP contribution in [0.4, 0.5) is 5.82 Å². The van der Waals surface area contributed by atoms with Gasteiger partial charge in [-0.25, -0.2) is 9.97 Å². The summed E-state index contributed by atoms with van der Waals surface area (Å²) in [5.41, 5.74) is 2.86. The van der Waals surface area contributed by atoms with E-state index >= 15 is 0 Å². The first-order chi connectivity index (χ1) is 9.41. The van der Waals surface area contributed by atoms with Crippen molar-refractivity contribution in [2.24, 2.45) is 0 Å². The van der Waals surface area contributed by atoms with E-state index < -0.39 is 0 Å². The molecule has 0 spiro atoms. The summed E-state index contributed by atoms with van der Waals surface area (Å²) in [6.45, 7) is 10.0. The number of halogens is 1. The van der Waals surface area contributed by atoms with Crippen LogP contribution < -0.4 is 5.32 Å². The smallest absolute Gasteiger partial charge is 0.139 e. The Balaban J connectivity index is 2.33. The quantitative estimate of drug-likeness (QED) is 0.862. The van der Waals surface area contributed by atoms with Crippen molar-refractivity contribution in [3.8, 4) is 0 Å². The number of aromatic nitrogens is 3. The Bertz CT molecular complexity index is 590. The average molecular weight is 295 g/mol. The van der Waals surface area contributed by atoms with Gasteiger partial charge < -0.3 is 9.84 Å². The number of hydrogen-bond acceptors (Lipinski definition) is 5. The van der Waals surface area contributed by atoms with Gasteiger partial charge in [0.15, 0.2) is 0 Å². The lowest BCUT2D eigenvalue weighted by atomic mass is 10.0. The Morgan fingerprint density at radius 3 is 2.40 bits per heavy atom. The van der Waals surface area contributed by atoms with Crippen LogP contribution in [0.15, 0.2) is 10.9 Å². The molecule has 0 aromatic carbocycles. The second-order valence-electron chi connectivity index (χ2n) is 5.19. The van der Waals surface area contributed by atoms with E-state index in [0.717, 1.165) is 28.4 Å². The van der Waals surface area contributed by atoms with Gasteiger partial charge >= 0.3 is 0 Å². The Labute approximate surface area is 123 Å². The molecule has 2 heterocycles. The lowest BCUT2D eigenvalue weighted by Gasteiger charge is -2.19. The van der Waals surface area contributed by atoms with E-state index in [4.69, 9.17) is 16.1 Å². The third kappa shape index (κ3) is 2.77. The van der Waals surface area contributed by atoms with Crippen molar-refractivity contribution >= 4 is 17.4 Å². The lowest BCUT2D eigenvalue weighted by molar-refractivity contribution is 0.392. The van der Waals surface area contributed by atoms with Crippen molar-refractivity contribution in [3.05, 3.63) is 34.1 Å². The SMILES string of the molecule is Cc1noc(C)c1C(C)Nc1ncnc(Cl)c1C(C)C. The highest BCUT2D eigenvalue weighted by Gasteiger charge is 2.20. The van der Waals surface area contributed by atoms with Gasteiger partial charge in [0.25, 0.3) is 0 Å². The molecule has 1 atom stereocenters. The lowest BCUT2D eigenvalue weighted by Crippen LogP contribution is -2.12. The summed E-state index contributed by atoms with van der Waals surface area (Å²) >= 11 is 6.17. The summed E-state index contributed by atoms with van der Waals surface area (Å²) in [5, 5.41) is 7.85. The molecule has 0 radical (unpaired) electrons. The number of aryl methyl sites for hydroxylation is 2. The van der Waals surface area contributed by atoms with Crippen LogP contribution in [0.25, 0.3) is 0 Å². The van der Waals surface area contributed by atoms with Crippen LogP contribution in [0.5, 0.6) is 0 Å². The maximum atomic E-state index is 6.17. The first-order valence-corrected chi connectivity index (χ1v) is 6.99. The highest BCUT2D eigenvalue weighted by atomic mass is 35.5. The molecule has 5 nitrogen and oxygen atoms in total. The summed E-state index contributed by atoms with van der Waals surface area (Å²) < 4.78 is 5.21. The van der Waals surface area contributed by atoms with Crippen molar-refractivity contribution < 1.29 is 4.52 Å². The predicted octanol–water partition coefficient (Wildman–Crippen LogP) is 4.03. The van der Waals surface area contributed by atoms with Crippen LogP contribution in [0, 0.1) is 13.8 Å². The van der Waals surface area contributed by atoms with Crippen molar-refractivity contribution in [2.75, 3.05) is 5.32 Å². The molecule has 6 heteroatoms. The van der Waals surface area contributed by atoms with Gasteiger partial charge in [0.2, 0.25) is 0 Å². The molecule has 0 amide bonds.